The molecule has 1 amide bonds. The molecule has 1 aliphatic rings. The van der Waals surface area contributed by atoms with E-state index in [1.807, 2.05) is 54.7 Å². The van der Waals surface area contributed by atoms with Crippen molar-refractivity contribution in [1.29, 1.82) is 0 Å². The van der Waals surface area contributed by atoms with E-state index in [-0.39, 0.29) is 18.0 Å². The first kappa shape index (κ1) is 20.8. The Labute approximate surface area is 183 Å². The molecule has 0 saturated carbocycles. The maximum Gasteiger partial charge on any atom is 0.237 e. The lowest BCUT2D eigenvalue weighted by Crippen LogP contribution is -2.54. The Morgan fingerprint density at radius 1 is 0.900 bits per heavy atom. The molecule has 3 aromatic rings. The monoisotopic (exact) mass is 419 g/mol. The van der Waals surface area contributed by atoms with Gasteiger partial charge in [-0.2, -0.15) is 0 Å². The molecule has 156 valence electrons. The minimum atomic E-state index is -0.149. The smallest absolute Gasteiger partial charge is 0.237 e. The summed E-state index contributed by atoms with van der Waals surface area (Å²) >= 11 is 1.81. The highest BCUT2D eigenvalue weighted by molar-refractivity contribution is 7.09. The van der Waals surface area contributed by atoms with Gasteiger partial charge in [-0.1, -0.05) is 66.7 Å². The number of nitrogens with zero attached hydrogens (tertiary/aromatic N) is 2. The molecule has 0 bridgehead atoms. The predicted molar refractivity (Wildman–Crippen MR) is 124 cm³/mol. The van der Waals surface area contributed by atoms with Crippen molar-refractivity contribution >= 4 is 17.2 Å². The van der Waals surface area contributed by atoms with Gasteiger partial charge in [0.05, 0.1) is 12.1 Å². The molecule has 2 heterocycles. The molecule has 1 N–H and O–H groups in total. The summed E-state index contributed by atoms with van der Waals surface area (Å²) in [6.45, 7) is 6.86. The van der Waals surface area contributed by atoms with Crippen molar-refractivity contribution in [3.8, 4) is 0 Å². The van der Waals surface area contributed by atoms with Crippen LogP contribution in [-0.4, -0.2) is 47.9 Å². The zero-order valence-electron chi connectivity index (χ0n) is 17.4. The molecule has 2 aromatic carbocycles. The Kier molecular flexibility index (Phi) is 6.95. The summed E-state index contributed by atoms with van der Waals surface area (Å²) in [5.41, 5.74) is 2.20. The van der Waals surface area contributed by atoms with Gasteiger partial charge in [0.15, 0.2) is 0 Å². The molecular formula is C25H29N3OS. The van der Waals surface area contributed by atoms with Crippen LogP contribution >= 0.6 is 11.3 Å². The van der Waals surface area contributed by atoms with Crippen LogP contribution in [0.3, 0.4) is 0 Å². The summed E-state index contributed by atoms with van der Waals surface area (Å²) in [5.74, 6) is 0.0828. The van der Waals surface area contributed by atoms with Crippen LogP contribution in [0.4, 0.5) is 0 Å². The van der Waals surface area contributed by atoms with Crippen molar-refractivity contribution in [2.24, 2.45) is 0 Å². The third kappa shape index (κ3) is 5.17. The van der Waals surface area contributed by atoms with Gasteiger partial charge in [-0.25, -0.2) is 0 Å². The normalized spacial score (nSPS) is 16.5. The van der Waals surface area contributed by atoms with Crippen LogP contribution in [-0.2, 0) is 11.3 Å². The van der Waals surface area contributed by atoms with Gasteiger partial charge in [0.2, 0.25) is 5.91 Å². The lowest BCUT2D eigenvalue weighted by atomic mass is 9.98. The third-order valence-corrected chi connectivity index (χ3v) is 6.71. The molecule has 0 spiro atoms. The third-order valence-electron chi connectivity index (χ3n) is 5.85. The first-order chi connectivity index (χ1) is 14.7. The summed E-state index contributed by atoms with van der Waals surface area (Å²) in [5, 5.41) is 5.43. The predicted octanol–water partition coefficient (Wildman–Crippen LogP) is 4.16. The SMILES string of the molecule is C[C@@H](C(=O)NC(c1ccccc1)c1ccccc1)N1CCN(Cc2cccs2)CC1. The van der Waals surface area contributed by atoms with Crippen molar-refractivity contribution in [2.45, 2.75) is 25.6 Å². The number of carbonyl (C=O) groups excluding carboxylic acids is 1. The van der Waals surface area contributed by atoms with Gasteiger partial charge < -0.3 is 5.32 Å². The van der Waals surface area contributed by atoms with Crippen LogP contribution < -0.4 is 5.32 Å². The fourth-order valence-corrected chi connectivity index (χ4v) is 4.76. The van der Waals surface area contributed by atoms with Gasteiger partial charge in [0.25, 0.3) is 0 Å². The molecular weight excluding hydrogens is 390 g/mol. The van der Waals surface area contributed by atoms with E-state index < -0.39 is 0 Å². The number of amides is 1. The number of carbonyl (C=O) groups is 1. The topological polar surface area (TPSA) is 35.6 Å². The van der Waals surface area contributed by atoms with Crippen molar-refractivity contribution in [3.63, 3.8) is 0 Å². The van der Waals surface area contributed by atoms with E-state index in [1.54, 1.807) is 0 Å². The van der Waals surface area contributed by atoms with E-state index in [0.29, 0.717) is 0 Å². The highest BCUT2D eigenvalue weighted by Crippen LogP contribution is 2.22. The van der Waals surface area contributed by atoms with E-state index in [1.165, 1.54) is 4.88 Å². The van der Waals surface area contributed by atoms with Gasteiger partial charge in [0, 0.05) is 37.6 Å². The fraction of sp³-hybridized carbons (Fsp3) is 0.320. The molecule has 4 rings (SSSR count). The second kappa shape index (κ2) is 10.0. The Hall–Kier alpha value is -2.47. The lowest BCUT2D eigenvalue weighted by molar-refractivity contribution is -0.127. The van der Waals surface area contributed by atoms with Crippen LogP contribution in [0.25, 0.3) is 0 Å². The first-order valence-electron chi connectivity index (χ1n) is 10.6. The molecule has 1 saturated heterocycles. The summed E-state index contributed by atoms with van der Waals surface area (Å²) < 4.78 is 0. The molecule has 1 aromatic heterocycles. The average molecular weight is 420 g/mol. The number of nitrogens with one attached hydrogen (secondary N) is 1. The highest BCUT2D eigenvalue weighted by atomic mass is 32.1. The Morgan fingerprint density at radius 2 is 1.50 bits per heavy atom. The second-order valence-corrected chi connectivity index (χ2v) is 8.86. The molecule has 0 aliphatic carbocycles. The fourth-order valence-electron chi connectivity index (χ4n) is 4.01. The van der Waals surface area contributed by atoms with Crippen molar-refractivity contribution in [2.75, 3.05) is 26.2 Å². The van der Waals surface area contributed by atoms with Gasteiger partial charge in [-0.05, 0) is 29.5 Å². The Balaban J connectivity index is 1.38. The number of hydrogen-bond donors (Lipinski definition) is 1. The Bertz CT molecular complexity index is 867. The number of piperazine rings is 1. The average Bonchev–Trinajstić information content (AvgIpc) is 3.31. The number of benzene rings is 2. The van der Waals surface area contributed by atoms with E-state index in [2.05, 4.69) is 56.9 Å². The summed E-state index contributed by atoms with van der Waals surface area (Å²) in [6.07, 6.45) is 0. The maximum absolute atomic E-state index is 13.2. The second-order valence-electron chi connectivity index (χ2n) is 7.83. The van der Waals surface area contributed by atoms with Crippen LogP contribution in [0.15, 0.2) is 78.2 Å². The molecule has 5 heteroatoms. The molecule has 0 unspecified atom stereocenters. The van der Waals surface area contributed by atoms with Gasteiger partial charge >= 0.3 is 0 Å². The van der Waals surface area contributed by atoms with E-state index >= 15 is 0 Å². The Morgan fingerprint density at radius 3 is 2.03 bits per heavy atom. The zero-order valence-corrected chi connectivity index (χ0v) is 18.2. The lowest BCUT2D eigenvalue weighted by Gasteiger charge is -2.37. The standard InChI is InChI=1S/C25H29N3OS/c1-20(28-16-14-27(15-17-28)19-23-13-8-18-30-23)25(29)26-24(21-9-4-2-5-10-21)22-11-6-3-7-12-22/h2-13,18,20,24H,14-17,19H2,1H3,(H,26,29)/t20-/m0/s1. The van der Waals surface area contributed by atoms with Crippen LogP contribution in [0.5, 0.6) is 0 Å². The van der Waals surface area contributed by atoms with E-state index in [4.69, 9.17) is 0 Å². The van der Waals surface area contributed by atoms with E-state index in [0.717, 1.165) is 43.9 Å². The number of hydrogen-bond acceptors (Lipinski definition) is 4. The summed E-state index contributed by atoms with van der Waals surface area (Å²) in [6, 6.07) is 24.4. The summed E-state index contributed by atoms with van der Waals surface area (Å²) in [4.78, 5) is 19.4. The zero-order chi connectivity index (χ0) is 20.8. The van der Waals surface area contributed by atoms with Gasteiger partial charge in [-0.15, -0.1) is 11.3 Å². The minimum absolute atomic E-state index is 0.0828. The van der Waals surface area contributed by atoms with Crippen LogP contribution in [0.2, 0.25) is 0 Å². The number of rotatable bonds is 7. The maximum atomic E-state index is 13.2. The molecule has 4 nitrogen and oxygen atoms in total. The van der Waals surface area contributed by atoms with Gasteiger partial charge in [-0.3, -0.25) is 14.6 Å². The molecule has 1 fully saturated rings. The van der Waals surface area contributed by atoms with Crippen molar-refractivity contribution < 1.29 is 4.79 Å². The van der Waals surface area contributed by atoms with E-state index in [9.17, 15) is 4.79 Å². The molecule has 0 radical (unpaired) electrons. The van der Waals surface area contributed by atoms with Gasteiger partial charge in [0.1, 0.15) is 0 Å². The molecule has 30 heavy (non-hydrogen) atoms. The van der Waals surface area contributed by atoms with Crippen molar-refractivity contribution in [3.05, 3.63) is 94.2 Å². The summed E-state index contributed by atoms with van der Waals surface area (Å²) in [7, 11) is 0. The highest BCUT2D eigenvalue weighted by Gasteiger charge is 2.27. The molecule has 1 atom stereocenters. The van der Waals surface area contributed by atoms with Crippen LogP contribution in [0, 0.1) is 0 Å². The van der Waals surface area contributed by atoms with Crippen LogP contribution in [0.1, 0.15) is 29.0 Å². The first-order valence-corrected chi connectivity index (χ1v) is 11.5. The number of thiophene rings is 1. The quantitative estimate of drug-likeness (QED) is 0.625. The van der Waals surface area contributed by atoms with Crippen molar-refractivity contribution in [1.82, 2.24) is 15.1 Å². The largest absolute Gasteiger partial charge is 0.344 e. The minimum Gasteiger partial charge on any atom is -0.344 e. The molecule has 1 aliphatic heterocycles.